The van der Waals surface area contributed by atoms with Crippen molar-refractivity contribution in [2.45, 2.75) is 25.4 Å². The lowest BCUT2D eigenvalue weighted by atomic mass is 10.1. The van der Waals surface area contributed by atoms with Crippen LogP contribution in [0, 0.1) is 0 Å². The number of para-hydroxylation sites is 1. The third-order valence-electron chi connectivity index (χ3n) is 3.53. The van der Waals surface area contributed by atoms with Gasteiger partial charge in [-0.15, -0.1) is 0 Å². The van der Waals surface area contributed by atoms with Crippen LogP contribution < -0.4 is 4.90 Å². The summed E-state index contributed by atoms with van der Waals surface area (Å²) in [6.45, 7) is 1.16. The minimum Gasteiger partial charge on any atom is -0.351 e. The van der Waals surface area contributed by atoms with E-state index in [0.717, 1.165) is 6.54 Å². The first kappa shape index (κ1) is 10.5. The van der Waals surface area contributed by atoms with Gasteiger partial charge in [0.25, 0.3) is 0 Å². The molecule has 2 nitrogen and oxygen atoms in total. The minimum absolute atomic E-state index is 0.487. The molecule has 1 aliphatic rings. The number of anilines is 1. The first-order valence-corrected chi connectivity index (χ1v) is 6.39. The quantitative estimate of drug-likeness (QED) is 0.758. The average molecular weight is 226 g/mol. The Hall–Kier alpha value is -1.70. The van der Waals surface area contributed by atoms with Gasteiger partial charge in [0.15, 0.2) is 0 Å². The lowest BCUT2D eigenvalue weighted by molar-refractivity contribution is 0.376. The standard InChI is InChI=1S/C15H18N2/c1-2-8-14(9-3-1)17-13-5-4-10-15(17)16-11-6-7-12-16/h1-3,6-9,11-12,15H,4-5,10,13H2. The molecular weight excluding hydrogens is 208 g/mol. The smallest absolute Gasteiger partial charge is 0.105 e. The van der Waals surface area contributed by atoms with Crippen molar-refractivity contribution in [1.29, 1.82) is 0 Å². The van der Waals surface area contributed by atoms with Crippen LogP contribution in [0.4, 0.5) is 5.69 Å². The Morgan fingerprint density at radius 3 is 2.41 bits per heavy atom. The summed E-state index contributed by atoms with van der Waals surface area (Å²) in [6, 6.07) is 15.0. The maximum Gasteiger partial charge on any atom is 0.105 e. The Labute approximate surface area is 102 Å². The number of hydrogen-bond acceptors (Lipinski definition) is 1. The Morgan fingerprint density at radius 2 is 1.65 bits per heavy atom. The predicted octanol–water partition coefficient (Wildman–Crippen LogP) is 3.68. The van der Waals surface area contributed by atoms with Gasteiger partial charge in [-0.05, 0) is 43.5 Å². The normalized spacial score (nSPS) is 20.5. The fourth-order valence-corrected chi connectivity index (χ4v) is 2.69. The van der Waals surface area contributed by atoms with E-state index in [4.69, 9.17) is 0 Å². The van der Waals surface area contributed by atoms with E-state index in [2.05, 4.69) is 64.3 Å². The monoisotopic (exact) mass is 226 g/mol. The summed E-state index contributed by atoms with van der Waals surface area (Å²) < 4.78 is 2.33. The second-order valence-corrected chi connectivity index (χ2v) is 4.64. The second kappa shape index (κ2) is 4.66. The van der Waals surface area contributed by atoms with Gasteiger partial charge < -0.3 is 9.47 Å². The summed E-state index contributed by atoms with van der Waals surface area (Å²) in [7, 11) is 0. The number of nitrogens with zero attached hydrogens (tertiary/aromatic N) is 2. The van der Waals surface area contributed by atoms with Crippen molar-refractivity contribution in [1.82, 2.24) is 4.57 Å². The number of rotatable bonds is 2. The van der Waals surface area contributed by atoms with Gasteiger partial charge in [0.1, 0.15) is 6.17 Å². The van der Waals surface area contributed by atoms with Crippen LogP contribution in [0.15, 0.2) is 54.9 Å². The van der Waals surface area contributed by atoms with Gasteiger partial charge >= 0.3 is 0 Å². The molecule has 1 fully saturated rings. The fourth-order valence-electron chi connectivity index (χ4n) is 2.69. The van der Waals surface area contributed by atoms with Gasteiger partial charge in [-0.3, -0.25) is 0 Å². The molecule has 3 rings (SSSR count). The van der Waals surface area contributed by atoms with Gasteiger partial charge in [0.05, 0.1) is 0 Å². The van der Waals surface area contributed by atoms with Crippen molar-refractivity contribution in [2.24, 2.45) is 0 Å². The molecule has 1 aromatic carbocycles. The zero-order chi connectivity index (χ0) is 11.5. The summed E-state index contributed by atoms with van der Waals surface area (Å²) in [5.74, 6) is 0. The van der Waals surface area contributed by atoms with E-state index in [-0.39, 0.29) is 0 Å². The maximum atomic E-state index is 2.52. The van der Waals surface area contributed by atoms with Gasteiger partial charge in [-0.2, -0.15) is 0 Å². The van der Waals surface area contributed by atoms with E-state index in [1.165, 1.54) is 24.9 Å². The van der Waals surface area contributed by atoms with E-state index in [1.54, 1.807) is 0 Å². The maximum absolute atomic E-state index is 2.52. The molecule has 1 atom stereocenters. The van der Waals surface area contributed by atoms with E-state index < -0.39 is 0 Å². The molecule has 88 valence electrons. The van der Waals surface area contributed by atoms with Crippen LogP contribution in [0.2, 0.25) is 0 Å². The summed E-state index contributed by atoms with van der Waals surface area (Å²) in [4.78, 5) is 2.52. The van der Waals surface area contributed by atoms with E-state index in [1.807, 2.05) is 0 Å². The Morgan fingerprint density at radius 1 is 0.882 bits per heavy atom. The molecule has 0 amide bonds. The Kier molecular flexibility index (Phi) is 2.87. The zero-order valence-electron chi connectivity index (χ0n) is 10.00. The number of benzene rings is 1. The highest BCUT2D eigenvalue weighted by atomic mass is 15.3. The molecule has 2 aromatic rings. The van der Waals surface area contributed by atoms with Crippen LogP contribution in [0.25, 0.3) is 0 Å². The highest BCUT2D eigenvalue weighted by Crippen LogP contribution is 2.30. The zero-order valence-corrected chi connectivity index (χ0v) is 10.00. The van der Waals surface area contributed by atoms with Crippen LogP contribution in [-0.2, 0) is 0 Å². The molecule has 1 saturated heterocycles. The molecule has 1 aromatic heterocycles. The molecule has 0 spiro atoms. The minimum atomic E-state index is 0.487. The van der Waals surface area contributed by atoms with Crippen molar-refractivity contribution in [3.8, 4) is 0 Å². The number of aromatic nitrogens is 1. The van der Waals surface area contributed by atoms with Crippen molar-refractivity contribution < 1.29 is 0 Å². The summed E-state index contributed by atoms with van der Waals surface area (Å²) in [5.41, 5.74) is 1.34. The van der Waals surface area contributed by atoms with Crippen molar-refractivity contribution in [3.05, 3.63) is 54.9 Å². The molecule has 0 N–H and O–H groups in total. The SMILES string of the molecule is c1ccc(N2CCCCC2n2cccc2)cc1. The third-order valence-corrected chi connectivity index (χ3v) is 3.53. The average Bonchev–Trinajstić information content (AvgIpc) is 2.94. The molecule has 0 aliphatic carbocycles. The van der Waals surface area contributed by atoms with Crippen LogP contribution in [-0.4, -0.2) is 11.1 Å². The molecule has 1 aliphatic heterocycles. The largest absolute Gasteiger partial charge is 0.351 e. The molecule has 0 bridgehead atoms. The first-order chi connectivity index (χ1) is 8.45. The summed E-state index contributed by atoms with van der Waals surface area (Å²) >= 11 is 0. The highest BCUT2D eigenvalue weighted by Gasteiger charge is 2.22. The van der Waals surface area contributed by atoms with E-state index >= 15 is 0 Å². The van der Waals surface area contributed by atoms with Gasteiger partial charge in [-0.1, -0.05) is 18.2 Å². The van der Waals surface area contributed by atoms with E-state index in [0.29, 0.717) is 6.17 Å². The number of hydrogen-bond donors (Lipinski definition) is 0. The van der Waals surface area contributed by atoms with Crippen LogP contribution in [0.3, 0.4) is 0 Å². The lowest BCUT2D eigenvalue weighted by Crippen LogP contribution is -2.36. The van der Waals surface area contributed by atoms with Crippen molar-refractivity contribution in [3.63, 3.8) is 0 Å². The number of piperidine rings is 1. The molecule has 0 radical (unpaired) electrons. The molecule has 0 saturated carbocycles. The topological polar surface area (TPSA) is 8.17 Å². The second-order valence-electron chi connectivity index (χ2n) is 4.64. The van der Waals surface area contributed by atoms with Crippen LogP contribution >= 0.6 is 0 Å². The van der Waals surface area contributed by atoms with E-state index in [9.17, 15) is 0 Å². The van der Waals surface area contributed by atoms with Crippen LogP contribution in [0.5, 0.6) is 0 Å². The van der Waals surface area contributed by atoms with Gasteiger partial charge in [0, 0.05) is 24.6 Å². The fraction of sp³-hybridized carbons (Fsp3) is 0.333. The van der Waals surface area contributed by atoms with Gasteiger partial charge in [-0.25, -0.2) is 0 Å². The molecular formula is C15H18N2. The molecule has 2 heterocycles. The first-order valence-electron chi connectivity index (χ1n) is 6.39. The van der Waals surface area contributed by atoms with Crippen molar-refractivity contribution >= 4 is 5.69 Å². The third kappa shape index (κ3) is 2.07. The van der Waals surface area contributed by atoms with Crippen molar-refractivity contribution in [2.75, 3.05) is 11.4 Å². The molecule has 2 heteroatoms. The molecule has 17 heavy (non-hydrogen) atoms. The van der Waals surface area contributed by atoms with Gasteiger partial charge in [0.2, 0.25) is 0 Å². The Balaban J connectivity index is 1.91. The summed E-state index contributed by atoms with van der Waals surface area (Å²) in [6.07, 6.45) is 8.70. The molecule has 1 unspecified atom stereocenters. The Bertz CT molecular complexity index is 447. The lowest BCUT2D eigenvalue weighted by Gasteiger charge is -2.38. The highest BCUT2D eigenvalue weighted by molar-refractivity contribution is 5.46. The summed E-state index contributed by atoms with van der Waals surface area (Å²) in [5, 5.41) is 0. The predicted molar refractivity (Wildman–Crippen MR) is 71.1 cm³/mol. The van der Waals surface area contributed by atoms with Crippen LogP contribution in [0.1, 0.15) is 25.4 Å².